The number of hydrogen-bond acceptors (Lipinski definition) is 4. The molecule has 2 rings (SSSR count). The van der Waals surface area contributed by atoms with Gasteiger partial charge in [-0.3, -0.25) is 4.68 Å². The van der Waals surface area contributed by atoms with Crippen LogP contribution < -0.4 is 0 Å². The van der Waals surface area contributed by atoms with Gasteiger partial charge in [0.25, 0.3) is 6.43 Å². The highest BCUT2D eigenvalue weighted by Crippen LogP contribution is 2.13. The Hall–Kier alpha value is -2.69. The van der Waals surface area contributed by atoms with Crippen LogP contribution >= 0.6 is 0 Å². The summed E-state index contributed by atoms with van der Waals surface area (Å²) < 4.78 is 38.1. The molecule has 0 amide bonds. The first-order valence-electron chi connectivity index (χ1n) is 5.49. The number of nitrogens with zero attached hydrogens (tertiary/aromatic N) is 5. The molecule has 0 spiro atoms. The quantitative estimate of drug-likeness (QED) is 0.804. The van der Waals surface area contributed by atoms with Crippen molar-refractivity contribution in [3.8, 4) is 6.07 Å². The van der Waals surface area contributed by atoms with E-state index < -0.39 is 18.8 Å². The molecule has 0 aromatic carbocycles. The van der Waals surface area contributed by atoms with Crippen molar-refractivity contribution in [2.75, 3.05) is 0 Å². The maximum Gasteiger partial charge on any atom is 0.257 e. The van der Waals surface area contributed by atoms with Gasteiger partial charge in [0.05, 0.1) is 24.2 Å². The van der Waals surface area contributed by atoms with Crippen LogP contribution in [0.4, 0.5) is 13.2 Å². The largest absolute Gasteiger partial charge is 0.266 e. The molecule has 0 aliphatic carbocycles. The molecule has 0 unspecified atom stereocenters. The average Bonchev–Trinajstić information content (AvgIpc) is 2.83. The molecule has 2 aromatic heterocycles. The highest BCUT2D eigenvalue weighted by molar-refractivity contribution is 5.86. The van der Waals surface area contributed by atoms with Gasteiger partial charge < -0.3 is 0 Å². The lowest BCUT2D eigenvalue weighted by atomic mass is 10.2. The normalized spacial score (nSPS) is 11.7. The van der Waals surface area contributed by atoms with E-state index in [0.717, 1.165) is 17.1 Å². The number of alkyl halides is 2. The summed E-state index contributed by atoms with van der Waals surface area (Å²) in [5, 5.41) is 12.8. The van der Waals surface area contributed by atoms with Crippen molar-refractivity contribution in [3.63, 3.8) is 0 Å². The summed E-state index contributed by atoms with van der Waals surface area (Å²) in [4.78, 5) is 7.35. The topological polar surface area (TPSA) is 67.4 Å². The molecule has 8 heteroatoms. The molecule has 102 valence electrons. The van der Waals surface area contributed by atoms with E-state index in [0.29, 0.717) is 5.56 Å². The molecule has 0 aliphatic heterocycles. The van der Waals surface area contributed by atoms with E-state index in [1.165, 1.54) is 18.5 Å². The summed E-state index contributed by atoms with van der Waals surface area (Å²) in [7, 11) is 0. The Kier molecular flexibility index (Phi) is 4.10. The predicted octanol–water partition coefficient (Wildman–Crippen LogP) is 2.14. The zero-order valence-corrected chi connectivity index (χ0v) is 10.0. The smallest absolute Gasteiger partial charge is 0.257 e. The summed E-state index contributed by atoms with van der Waals surface area (Å²) in [5.41, 5.74) is 0.539. The third kappa shape index (κ3) is 3.41. The fourth-order valence-electron chi connectivity index (χ4n) is 1.46. The maximum absolute atomic E-state index is 12.7. The first kappa shape index (κ1) is 13.7. The Labute approximate surface area is 112 Å². The molecular weight excluding hydrogens is 271 g/mol. The third-order valence-electron chi connectivity index (χ3n) is 2.27. The standard InChI is InChI=1S/C12H8F3N5/c13-10-4-17-12(18-5-10)9(2-16)1-8-3-19-20(6-8)7-11(14)15/h1,3-6,11H,7H2/b9-1+. The Morgan fingerprint density at radius 1 is 1.35 bits per heavy atom. The minimum Gasteiger partial charge on any atom is -0.266 e. The minimum atomic E-state index is -2.51. The van der Waals surface area contributed by atoms with E-state index >= 15 is 0 Å². The minimum absolute atomic E-state index is 0.0514. The van der Waals surface area contributed by atoms with Crippen molar-refractivity contribution in [2.24, 2.45) is 0 Å². The fraction of sp³-hybridized carbons (Fsp3) is 0.167. The lowest BCUT2D eigenvalue weighted by Crippen LogP contribution is -2.06. The van der Waals surface area contributed by atoms with Crippen LogP contribution in [0.15, 0.2) is 24.8 Å². The van der Waals surface area contributed by atoms with Crippen LogP contribution in [0.2, 0.25) is 0 Å². The molecule has 0 radical (unpaired) electrons. The molecule has 0 aliphatic rings. The SMILES string of the molecule is N#C/C(=C\c1cnn(CC(F)F)c1)c1ncc(F)cn1. The number of allylic oxidation sites excluding steroid dienone is 1. The molecule has 0 atom stereocenters. The van der Waals surface area contributed by atoms with E-state index in [9.17, 15) is 13.2 Å². The van der Waals surface area contributed by atoms with Gasteiger partial charge in [0.2, 0.25) is 0 Å². The number of halogens is 3. The van der Waals surface area contributed by atoms with Crippen LogP contribution in [0.25, 0.3) is 11.6 Å². The number of hydrogen-bond donors (Lipinski definition) is 0. The number of nitriles is 1. The second kappa shape index (κ2) is 5.97. The van der Waals surface area contributed by atoms with Gasteiger partial charge in [0, 0.05) is 11.8 Å². The molecule has 5 nitrogen and oxygen atoms in total. The van der Waals surface area contributed by atoms with Gasteiger partial charge in [-0.2, -0.15) is 10.4 Å². The van der Waals surface area contributed by atoms with Crippen LogP contribution in [0.3, 0.4) is 0 Å². The Balaban J connectivity index is 2.25. The maximum atomic E-state index is 12.7. The van der Waals surface area contributed by atoms with Gasteiger partial charge >= 0.3 is 0 Å². The second-order valence-electron chi connectivity index (χ2n) is 3.78. The van der Waals surface area contributed by atoms with Crippen molar-refractivity contribution in [1.82, 2.24) is 19.7 Å². The number of rotatable bonds is 4. The average molecular weight is 279 g/mol. The third-order valence-corrected chi connectivity index (χ3v) is 2.27. The lowest BCUT2D eigenvalue weighted by Gasteiger charge is -1.98. The lowest BCUT2D eigenvalue weighted by molar-refractivity contribution is 0.122. The van der Waals surface area contributed by atoms with E-state index in [2.05, 4.69) is 15.1 Å². The Bertz CT molecular complexity index is 654. The molecule has 2 aromatic rings. The van der Waals surface area contributed by atoms with Crippen LogP contribution in [-0.4, -0.2) is 26.2 Å². The Morgan fingerprint density at radius 2 is 2.05 bits per heavy atom. The Morgan fingerprint density at radius 3 is 2.65 bits per heavy atom. The van der Waals surface area contributed by atoms with E-state index in [1.807, 2.05) is 6.07 Å². The summed E-state index contributed by atoms with van der Waals surface area (Å²) in [6.07, 6.45) is 3.46. The van der Waals surface area contributed by atoms with Crippen molar-refractivity contribution < 1.29 is 13.2 Å². The van der Waals surface area contributed by atoms with Crippen LogP contribution in [-0.2, 0) is 6.54 Å². The molecule has 0 saturated carbocycles. The van der Waals surface area contributed by atoms with Crippen molar-refractivity contribution in [1.29, 1.82) is 5.26 Å². The monoisotopic (exact) mass is 279 g/mol. The summed E-state index contributed by atoms with van der Waals surface area (Å²) >= 11 is 0. The van der Waals surface area contributed by atoms with Gasteiger partial charge in [-0.25, -0.2) is 23.1 Å². The highest BCUT2D eigenvalue weighted by Gasteiger charge is 2.08. The van der Waals surface area contributed by atoms with Crippen LogP contribution in [0, 0.1) is 17.1 Å². The van der Waals surface area contributed by atoms with Crippen molar-refractivity contribution in [3.05, 3.63) is 42.0 Å². The van der Waals surface area contributed by atoms with Gasteiger partial charge in [-0.15, -0.1) is 0 Å². The first-order chi connectivity index (χ1) is 9.58. The first-order valence-corrected chi connectivity index (χ1v) is 5.49. The number of aromatic nitrogens is 4. The van der Waals surface area contributed by atoms with Crippen molar-refractivity contribution >= 4 is 11.6 Å². The van der Waals surface area contributed by atoms with E-state index in [4.69, 9.17) is 5.26 Å². The van der Waals surface area contributed by atoms with Crippen molar-refractivity contribution in [2.45, 2.75) is 13.0 Å². The molecular formula is C12H8F3N5. The molecule has 20 heavy (non-hydrogen) atoms. The fourth-order valence-corrected chi connectivity index (χ4v) is 1.46. The molecule has 0 bridgehead atoms. The zero-order valence-electron chi connectivity index (χ0n) is 10.0. The molecule has 0 N–H and O–H groups in total. The summed E-state index contributed by atoms with van der Waals surface area (Å²) in [6, 6.07) is 1.86. The highest BCUT2D eigenvalue weighted by atomic mass is 19.3. The molecule has 2 heterocycles. The van der Waals surface area contributed by atoms with Gasteiger partial charge in [-0.05, 0) is 6.08 Å². The van der Waals surface area contributed by atoms with Gasteiger partial charge in [0.15, 0.2) is 11.6 Å². The van der Waals surface area contributed by atoms with E-state index in [-0.39, 0.29) is 11.4 Å². The van der Waals surface area contributed by atoms with Gasteiger partial charge in [0.1, 0.15) is 12.6 Å². The summed E-state index contributed by atoms with van der Waals surface area (Å²) in [6.45, 7) is -0.525. The van der Waals surface area contributed by atoms with E-state index in [1.54, 1.807) is 0 Å². The van der Waals surface area contributed by atoms with Gasteiger partial charge in [-0.1, -0.05) is 0 Å². The molecule has 0 saturated heterocycles. The second-order valence-corrected chi connectivity index (χ2v) is 3.78. The van der Waals surface area contributed by atoms with Crippen LogP contribution in [0.5, 0.6) is 0 Å². The summed E-state index contributed by atoms with van der Waals surface area (Å²) in [5.74, 6) is -0.564. The predicted molar refractivity (Wildman–Crippen MR) is 63.7 cm³/mol. The molecule has 0 fully saturated rings. The van der Waals surface area contributed by atoms with Crippen LogP contribution in [0.1, 0.15) is 11.4 Å². The zero-order chi connectivity index (χ0) is 14.5.